The third kappa shape index (κ3) is 2.94. The Morgan fingerprint density at radius 1 is 1.56 bits per heavy atom. The van der Waals surface area contributed by atoms with Gasteiger partial charge in [0.1, 0.15) is 5.15 Å². The predicted molar refractivity (Wildman–Crippen MR) is 69.9 cm³/mol. The predicted octanol–water partition coefficient (Wildman–Crippen LogP) is 2.23. The summed E-state index contributed by atoms with van der Waals surface area (Å²) in [5, 5.41) is 9.76. The van der Waals surface area contributed by atoms with E-state index in [9.17, 15) is 9.90 Å². The Kier molecular flexibility index (Phi) is 4.10. The number of hydrogen-bond acceptors (Lipinski definition) is 3. The molecule has 0 aliphatic heterocycles. The summed E-state index contributed by atoms with van der Waals surface area (Å²) >= 11 is 11.7. The number of rotatable bonds is 3. The van der Waals surface area contributed by atoms with Crippen molar-refractivity contribution in [2.45, 2.75) is 18.9 Å². The Hall–Kier alpha value is -0.840. The van der Waals surface area contributed by atoms with Crippen LogP contribution in [-0.4, -0.2) is 40.6 Å². The van der Waals surface area contributed by atoms with Gasteiger partial charge in [0.2, 0.25) is 0 Å². The molecule has 2 rings (SSSR count). The molecule has 1 aromatic heterocycles. The molecule has 0 atom stereocenters. The molecule has 1 aliphatic carbocycles. The van der Waals surface area contributed by atoms with Crippen LogP contribution >= 0.6 is 23.2 Å². The van der Waals surface area contributed by atoms with Crippen molar-refractivity contribution in [3.8, 4) is 0 Å². The van der Waals surface area contributed by atoms with Gasteiger partial charge in [-0.25, -0.2) is 4.98 Å². The fraction of sp³-hybridized carbons (Fsp3) is 0.500. The zero-order valence-corrected chi connectivity index (χ0v) is 11.4. The number of aromatic nitrogens is 1. The minimum atomic E-state index is -0.211. The first-order valence-electron chi connectivity index (χ1n) is 5.72. The van der Waals surface area contributed by atoms with Gasteiger partial charge in [-0.15, -0.1) is 0 Å². The molecule has 0 spiro atoms. The lowest BCUT2D eigenvalue weighted by atomic mass is 9.82. The Labute approximate surface area is 116 Å². The van der Waals surface area contributed by atoms with Crippen molar-refractivity contribution < 1.29 is 9.90 Å². The molecule has 1 saturated carbocycles. The first-order chi connectivity index (χ1) is 8.47. The summed E-state index contributed by atoms with van der Waals surface area (Å²) in [6.45, 7) is 0.617. The number of nitrogens with zero attached hydrogens (tertiary/aromatic N) is 2. The van der Waals surface area contributed by atoms with Gasteiger partial charge in [0.15, 0.2) is 0 Å². The van der Waals surface area contributed by atoms with Crippen molar-refractivity contribution >= 4 is 29.1 Å². The molecule has 0 aromatic carbocycles. The molecular formula is C12H14Cl2N2O2. The number of halogens is 2. The van der Waals surface area contributed by atoms with Crippen LogP contribution in [0.25, 0.3) is 0 Å². The van der Waals surface area contributed by atoms with Crippen LogP contribution in [0.4, 0.5) is 0 Å². The second-order valence-corrected chi connectivity index (χ2v) is 5.46. The van der Waals surface area contributed by atoms with E-state index in [0.717, 1.165) is 12.8 Å². The molecule has 0 bridgehead atoms. The maximum absolute atomic E-state index is 12.2. The molecule has 1 N–H and O–H groups in total. The lowest BCUT2D eigenvalue weighted by molar-refractivity contribution is 0.0265. The van der Waals surface area contributed by atoms with E-state index in [-0.39, 0.29) is 17.2 Å². The topological polar surface area (TPSA) is 53.4 Å². The number of aliphatic hydroxyl groups is 1. The van der Waals surface area contributed by atoms with Crippen LogP contribution in [0.3, 0.4) is 0 Å². The van der Waals surface area contributed by atoms with E-state index in [0.29, 0.717) is 23.0 Å². The maximum Gasteiger partial charge on any atom is 0.255 e. The van der Waals surface area contributed by atoms with Crippen molar-refractivity contribution in [3.63, 3.8) is 0 Å². The summed E-state index contributed by atoms with van der Waals surface area (Å²) in [5.74, 6) is 0.190. The average molecular weight is 289 g/mol. The first kappa shape index (κ1) is 13.6. The smallest absolute Gasteiger partial charge is 0.255 e. The monoisotopic (exact) mass is 288 g/mol. The molecule has 0 saturated heterocycles. The van der Waals surface area contributed by atoms with Crippen molar-refractivity contribution in [2.24, 2.45) is 5.92 Å². The van der Waals surface area contributed by atoms with Gasteiger partial charge < -0.3 is 10.0 Å². The molecule has 1 aliphatic rings. The summed E-state index contributed by atoms with van der Waals surface area (Å²) in [4.78, 5) is 17.6. The number of carbonyl (C=O) groups is 1. The van der Waals surface area contributed by atoms with Gasteiger partial charge >= 0.3 is 0 Å². The molecule has 18 heavy (non-hydrogen) atoms. The van der Waals surface area contributed by atoms with Crippen LogP contribution in [0.15, 0.2) is 12.3 Å². The van der Waals surface area contributed by atoms with Crippen LogP contribution in [0.5, 0.6) is 0 Å². The Bertz CT molecular complexity index is 461. The third-order valence-electron chi connectivity index (χ3n) is 3.14. The highest BCUT2D eigenvalue weighted by atomic mass is 35.5. The Balaban J connectivity index is 2.03. The molecule has 98 valence electrons. The number of hydrogen-bond donors (Lipinski definition) is 1. The minimum Gasteiger partial charge on any atom is -0.393 e. The first-order valence-corrected chi connectivity index (χ1v) is 6.47. The maximum atomic E-state index is 12.2. The fourth-order valence-electron chi connectivity index (χ4n) is 2.10. The summed E-state index contributed by atoms with van der Waals surface area (Å²) in [6, 6.07) is 1.47. The molecule has 1 fully saturated rings. The highest BCUT2D eigenvalue weighted by Crippen LogP contribution is 2.28. The van der Waals surface area contributed by atoms with E-state index in [1.54, 1.807) is 11.9 Å². The lowest BCUT2D eigenvalue weighted by Gasteiger charge is -2.34. The minimum absolute atomic E-state index is 0.175. The van der Waals surface area contributed by atoms with Crippen molar-refractivity contribution in [1.29, 1.82) is 0 Å². The average Bonchev–Trinajstić information content (AvgIpc) is 2.29. The zero-order chi connectivity index (χ0) is 13.3. The number of aliphatic hydroxyl groups excluding tert-OH is 1. The van der Waals surface area contributed by atoms with Crippen molar-refractivity contribution in [2.75, 3.05) is 13.6 Å². The SMILES string of the molecule is CN(CC1CC(O)C1)C(=O)c1cc(Cl)ncc1Cl. The zero-order valence-electron chi connectivity index (χ0n) is 9.94. The largest absolute Gasteiger partial charge is 0.393 e. The normalized spacial score (nSPS) is 22.4. The van der Waals surface area contributed by atoms with Gasteiger partial charge in [0, 0.05) is 19.8 Å². The van der Waals surface area contributed by atoms with Gasteiger partial charge in [-0.2, -0.15) is 0 Å². The van der Waals surface area contributed by atoms with Crippen LogP contribution in [-0.2, 0) is 0 Å². The van der Waals surface area contributed by atoms with Gasteiger partial charge in [-0.3, -0.25) is 4.79 Å². The fourth-order valence-corrected chi connectivity index (χ4v) is 2.44. The summed E-state index contributed by atoms with van der Waals surface area (Å²) in [6.07, 6.45) is 2.67. The van der Waals surface area contributed by atoms with Crippen LogP contribution in [0.2, 0.25) is 10.2 Å². The summed E-state index contributed by atoms with van der Waals surface area (Å²) in [5.41, 5.74) is 0.360. The molecule has 6 heteroatoms. The molecule has 1 aromatic rings. The third-order valence-corrected chi connectivity index (χ3v) is 3.65. The second-order valence-electron chi connectivity index (χ2n) is 4.66. The summed E-state index contributed by atoms with van der Waals surface area (Å²) < 4.78 is 0. The number of carbonyl (C=O) groups excluding carboxylic acids is 1. The van der Waals surface area contributed by atoms with Crippen LogP contribution in [0.1, 0.15) is 23.2 Å². The van der Waals surface area contributed by atoms with Crippen molar-refractivity contribution in [1.82, 2.24) is 9.88 Å². The highest BCUT2D eigenvalue weighted by Gasteiger charge is 2.29. The van der Waals surface area contributed by atoms with Gasteiger partial charge in [0.25, 0.3) is 5.91 Å². The van der Waals surface area contributed by atoms with E-state index in [2.05, 4.69) is 4.98 Å². The molecule has 1 amide bonds. The van der Waals surface area contributed by atoms with E-state index in [1.807, 2.05) is 0 Å². The highest BCUT2D eigenvalue weighted by molar-refractivity contribution is 6.35. The van der Waals surface area contributed by atoms with Crippen molar-refractivity contribution in [3.05, 3.63) is 28.0 Å². The van der Waals surface area contributed by atoms with E-state index in [4.69, 9.17) is 23.2 Å². The molecular weight excluding hydrogens is 275 g/mol. The molecule has 0 unspecified atom stereocenters. The van der Waals surface area contributed by atoms with E-state index >= 15 is 0 Å². The summed E-state index contributed by atoms with van der Waals surface area (Å²) in [7, 11) is 1.72. The Morgan fingerprint density at radius 2 is 2.22 bits per heavy atom. The number of amides is 1. The molecule has 1 heterocycles. The standard InChI is InChI=1S/C12H14Cl2N2O2/c1-16(6-7-2-8(17)3-7)12(18)9-4-11(14)15-5-10(9)13/h4-5,7-8,17H,2-3,6H2,1H3. The van der Waals surface area contributed by atoms with E-state index in [1.165, 1.54) is 12.3 Å². The second kappa shape index (κ2) is 5.43. The van der Waals surface area contributed by atoms with E-state index < -0.39 is 0 Å². The lowest BCUT2D eigenvalue weighted by Crippen LogP contribution is -2.39. The molecule has 0 radical (unpaired) electrons. The van der Waals surface area contributed by atoms with Crippen LogP contribution < -0.4 is 0 Å². The quantitative estimate of drug-likeness (QED) is 0.868. The van der Waals surface area contributed by atoms with Crippen LogP contribution in [0, 0.1) is 5.92 Å². The van der Waals surface area contributed by atoms with Gasteiger partial charge in [0.05, 0.1) is 16.7 Å². The number of pyridine rings is 1. The van der Waals surface area contributed by atoms with Gasteiger partial charge in [-0.1, -0.05) is 23.2 Å². The van der Waals surface area contributed by atoms with Gasteiger partial charge in [-0.05, 0) is 24.8 Å². The Morgan fingerprint density at radius 3 is 2.83 bits per heavy atom. The molecule has 4 nitrogen and oxygen atoms in total.